The van der Waals surface area contributed by atoms with Crippen molar-refractivity contribution in [3.63, 3.8) is 0 Å². The molecule has 0 saturated heterocycles. The third-order valence-electron chi connectivity index (χ3n) is 5.89. The zero-order chi connectivity index (χ0) is 19.8. The van der Waals surface area contributed by atoms with Crippen LogP contribution in [-0.2, 0) is 0 Å². The third kappa shape index (κ3) is 10.1. The van der Waals surface area contributed by atoms with Crippen molar-refractivity contribution in [2.45, 2.75) is 118 Å². The monoisotopic (exact) mass is 502 g/mol. The Morgan fingerprint density at radius 1 is 0.704 bits per heavy atom. The number of ether oxygens (including phenoxy) is 1. The van der Waals surface area contributed by atoms with Gasteiger partial charge in [0.15, 0.2) is 0 Å². The fourth-order valence-electron chi connectivity index (χ4n) is 4.04. The molecule has 0 saturated carbocycles. The van der Waals surface area contributed by atoms with Crippen LogP contribution in [0.25, 0.3) is 0 Å². The van der Waals surface area contributed by atoms with Crippen LogP contribution in [0.15, 0.2) is 11.4 Å². The molecule has 1 nitrogen and oxygen atoms in total. The molecule has 0 N–H and O–H groups in total. The van der Waals surface area contributed by atoms with Gasteiger partial charge in [0.25, 0.3) is 0 Å². The SMILES string of the molecule is CCCCCCCCOc1cs[c]([Sn]([CH2]CCC)([CH2]CCC)[CH2]CCC)c1. The van der Waals surface area contributed by atoms with E-state index in [9.17, 15) is 0 Å². The molecule has 0 radical (unpaired) electrons. The molecule has 0 aliphatic heterocycles. The van der Waals surface area contributed by atoms with Crippen LogP contribution < -0.4 is 7.63 Å². The second-order valence-electron chi connectivity index (χ2n) is 8.35. The van der Waals surface area contributed by atoms with Crippen molar-refractivity contribution in [3.8, 4) is 5.75 Å². The molecule has 0 aliphatic carbocycles. The summed E-state index contributed by atoms with van der Waals surface area (Å²) in [5.74, 6) is 1.18. The molecule has 0 amide bonds. The van der Waals surface area contributed by atoms with Crippen molar-refractivity contribution < 1.29 is 4.74 Å². The van der Waals surface area contributed by atoms with Crippen LogP contribution in [0, 0.1) is 0 Å². The second kappa shape index (κ2) is 16.1. The zero-order valence-corrected chi connectivity index (χ0v) is 22.5. The van der Waals surface area contributed by atoms with Crippen LogP contribution in [0.1, 0.15) is 105 Å². The summed E-state index contributed by atoms with van der Waals surface area (Å²) in [6.07, 6.45) is 16.4. The molecular formula is C24H46OSSn. The molecule has 1 aromatic rings. The Hall–Kier alpha value is 0.299. The summed E-state index contributed by atoms with van der Waals surface area (Å²) in [7, 11) is 0. The minimum atomic E-state index is -2.24. The van der Waals surface area contributed by atoms with Gasteiger partial charge in [0, 0.05) is 0 Å². The second-order valence-corrected chi connectivity index (χ2v) is 23.4. The van der Waals surface area contributed by atoms with E-state index in [1.165, 1.54) is 82.8 Å². The van der Waals surface area contributed by atoms with Gasteiger partial charge in [-0.2, -0.15) is 0 Å². The molecule has 3 heteroatoms. The molecule has 0 fully saturated rings. The molecule has 27 heavy (non-hydrogen) atoms. The van der Waals surface area contributed by atoms with Gasteiger partial charge in [-0.25, -0.2) is 0 Å². The fraction of sp³-hybridized carbons (Fsp3) is 0.833. The van der Waals surface area contributed by atoms with Crippen LogP contribution in [0.2, 0.25) is 13.3 Å². The van der Waals surface area contributed by atoms with Gasteiger partial charge < -0.3 is 0 Å². The van der Waals surface area contributed by atoms with Crippen molar-refractivity contribution in [2.24, 2.45) is 0 Å². The van der Waals surface area contributed by atoms with Crippen molar-refractivity contribution in [2.75, 3.05) is 6.61 Å². The standard InChI is InChI=1S/C12H19OS.3C4H9.Sn/c1-2-3-4-5-6-7-9-13-12-8-10-14-11-12;3*1-3-4-2;/h8,11H,2-7,9H2,1H3;3*1,3-4H2,2H3;. The Balaban J connectivity index is 2.64. The van der Waals surface area contributed by atoms with E-state index in [1.54, 1.807) is 16.2 Å². The van der Waals surface area contributed by atoms with Crippen LogP contribution >= 0.6 is 11.3 Å². The number of thiophene rings is 1. The van der Waals surface area contributed by atoms with Crippen molar-refractivity contribution in [1.29, 1.82) is 0 Å². The summed E-state index contributed by atoms with van der Waals surface area (Å²) in [4.78, 5) is 0. The molecule has 0 aliphatic rings. The Kier molecular flexibility index (Phi) is 15.1. The van der Waals surface area contributed by atoms with E-state index in [1.807, 2.05) is 0 Å². The molecule has 0 aromatic carbocycles. The summed E-state index contributed by atoms with van der Waals surface area (Å²) < 4.78 is 12.6. The average molecular weight is 501 g/mol. The van der Waals surface area contributed by atoms with Gasteiger partial charge in [0.1, 0.15) is 0 Å². The topological polar surface area (TPSA) is 9.23 Å². The molecule has 158 valence electrons. The molecule has 0 unspecified atom stereocenters. The molecule has 1 aromatic heterocycles. The van der Waals surface area contributed by atoms with E-state index in [-0.39, 0.29) is 0 Å². The quantitative estimate of drug-likeness (QED) is 0.145. The van der Waals surface area contributed by atoms with Gasteiger partial charge in [-0.3, -0.25) is 0 Å². The molecule has 1 heterocycles. The summed E-state index contributed by atoms with van der Waals surface area (Å²) in [5.41, 5.74) is 0. The van der Waals surface area contributed by atoms with E-state index in [2.05, 4.69) is 50.5 Å². The number of hydrogen-bond donors (Lipinski definition) is 0. The van der Waals surface area contributed by atoms with Crippen LogP contribution in [0.3, 0.4) is 0 Å². The Bertz CT molecular complexity index is 435. The Morgan fingerprint density at radius 2 is 1.22 bits per heavy atom. The van der Waals surface area contributed by atoms with Gasteiger partial charge in [-0.1, -0.05) is 0 Å². The summed E-state index contributed by atoms with van der Waals surface area (Å²) in [6.45, 7) is 10.3. The molecule has 0 atom stereocenters. The van der Waals surface area contributed by atoms with Gasteiger partial charge in [-0.15, -0.1) is 0 Å². The first kappa shape index (κ1) is 25.3. The maximum atomic E-state index is 6.15. The van der Waals surface area contributed by atoms with Crippen LogP contribution in [-0.4, -0.2) is 25.0 Å². The summed E-state index contributed by atoms with van der Waals surface area (Å²) in [6, 6.07) is 2.48. The summed E-state index contributed by atoms with van der Waals surface area (Å²) >= 11 is -0.185. The van der Waals surface area contributed by atoms with Gasteiger partial charge in [0.2, 0.25) is 0 Å². The Morgan fingerprint density at radius 3 is 1.78 bits per heavy atom. The van der Waals surface area contributed by atoms with Crippen LogP contribution in [0.5, 0.6) is 5.75 Å². The first-order valence-corrected chi connectivity index (χ1v) is 20.3. The van der Waals surface area contributed by atoms with Crippen molar-refractivity contribution in [1.82, 2.24) is 0 Å². The minimum absolute atomic E-state index is 0.906. The maximum absolute atomic E-state index is 6.15. The number of rotatable bonds is 18. The zero-order valence-electron chi connectivity index (χ0n) is 18.8. The fourth-order valence-corrected chi connectivity index (χ4v) is 23.9. The van der Waals surface area contributed by atoms with Crippen molar-refractivity contribution in [3.05, 3.63) is 11.4 Å². The predicted octanol–water partition coefficient (Wildman–Crippen LogP) is 8.54. The van der Waals surface area contributed by atoms with Gasteiger partial charge in [0.05, 0.1) is 0 Å². The van der Waals surface area contributed by atoms with Crippen molar-refractivity contribution >= 4 is 32.6 Å². The molecule has 0 bridgehead atoms. The first-order valence-electron chi connectivity index (χ1n) is 11.9. The first-order chi connectivity index (χ1) is 13.2. The van der Waals surface area contributed by atoms with E-state index in [0.717, 1.165) is 6.61 Å². The average Bonchev–Trinajstić information content (AvgIpc) is 3.16. The van der Waals surface area contributed by atoms with Gasteiger partial charge >= 0.3 is 179 Å². The number of unbranched alkanes of at least 4 members (excludes halogenated alkanes) is 8. The number of hydrogen-bond acceptors (Lipinski definition) is 2. The molecule has 0 spiro atoms. The van der Waals surface area contributed by atoms with E-state index in [4.69, 9.17) is 4.74 Å². The van der Waals surface area contributed by atoms with Crippen LogP contribution in [0.4, 0.5) is 0 Å². The van der Waals surface area contributed by atoms with Gasteiger partial charge in [-0.05, 0) is 0 Å². The normalized spacial score (nSPS) is 11.9. The predicted molar refractivity (Wildman–Crippen MR) is 128 cm³/mol. The van der Waals surface area contributed by atoms with E-state index < -0.39 is 18.4 Å². The molecular weight excluding hydrogens is 455 g/mol. The Labute approximate surface area is 178 Å². The third-order valence-corrected chi connectivity index (χ3v) is 25.1. The van der Waals surface area contributed by atoms with E-state index in [0.29, 0.717) is 0 Å². The molecule has 1 rings (SSSR count). The summed E-state index contributed by atoms with van der Waals surface area (Å²) in [5, 5.41) is 2.32. The van der Waals surface area contributed by atoms with E-state index >= 15 is 0 Å².